The maximum Gasteiger partial charge on any atom is 0.225 e. The summed E-state index contributed by atoms with van der Waals surface area (Å²) in [6, 6.07) is 2.18. The van der Waals surface area contributed by atoms with E-state index in [0.717, 1.165) is 19.6 Å². The Balaban J connectivity index is 2.19. The van der Waals surface area contributed by atoms with Gasteiger partial charge in [-0.2, -0.15) is 5.26 Å². The van der Waals surface area contributed by atoms with E-state index < -0.39 is 0 Å². The van der Waals surface area contributed by atoms with Crippen LogP contribution in [0, 0.1) is 23.2 Å². The summed E-state index contributed by atoms with van der Waals surface area (Å²) < 4.78 is 0. The summed E-state index contributed by atoms with van der Waals surface area (Å²) in [4.78, 5) is 13.2. The van der Waals surface area contributed by atoms with Crippen molar-refractivity contribution in [2.45, 2.75) is 6.92 Å². The van der Waals surface area contributed by atoms with Crippen molar-refractivity contribution in [3.05, 3.63) is 0 Å². The Labute approximate surface area is 78.5 Å². The molecular weight excluding hydrogens is 166 g/mol. The van der Waals surface area contributed by atoms with Gasteiger partial charge in [-0.15, -0.1) is 0 Å². The highest BCUT2D eigenvalue weighted by molar-refractivity contribution is 5.79. The van der Waals surface area contributed by atoms with Crippen LogP contribution in [0.25, 0.3) is 0 Å². The second kappa shape index (κ2) is 4.24. The van der Waals surface area contributed by atoms with Crippen molar-refractivity contribution >= 4 is 5.91 Å². The molecule has 4 nitrogen and oxygen atoms in total. The Morgan fingerprint density at radius 2 is 2.38 bits per heavy atom. The van der Waals surface area contributed by atoms with Gasteiger partial charge in [0.25, 0.3) is 0 Å². The van der Waals surface area contributed by atoms with E-state index in [1.807, 2.05) is 6.92 Å². The molecule has 0 aliphatic carbocycles. The van der Waals surface area contributed by atoms with Gasteiger partial charge in [-0.1, -0.05) is 0 Å². The first-order chi connectivity index (χ1) is 6.17. The van der Waals surface area contributed by atoms with E-state index in [2.05, 4.69) is 16.3 Å². The summed E-state index contributed by atoms with van der Waals surface area (Å²) in [6.45, 7) is 4.27. The van der Waals surface area contributed by atoms with Gasteiger partial charge in [0.2, 0.25) is 5.91 Å². The van der Waals surface area contributed by atoms with Crippen molar-refractivity contribution in [3.63, 3.8) is 0 Å². The van der Waals surface area contributed by atoms with Gasteiger partial charge in [0.1, 0.15) is 0 Å². The van der Waals surface area contributed by atoms with E-state index >= 15 is 0 Å². The molecule has 0 spiro atoms. The molecule has 0 radical (unpaired) electrons. The van der Waals surface area contributed by atoms with Crippen molar-refractivity contribution in [1.82, 2.24) is 10.2 Å². The van der Waals surface area contributed by atoms with Crippen LogP contribution in [0.4, 0.5) is 0 Å². The first-order valence-corrected chi connectivity index (χ1v) is 4.51. The quantitative estimate of drug-likeness (QED) is 0.657. The fourth-order valence-corrected chi connectivity index (χ4v) is 1.52. The van der Waals surface area contributed by atoms with Crippen LogP contribution >= 0.6 is 0 Å². The van der Waals surface area contributed by atoms with Crippen LogP contribution in [0.15, 0.2) is 0 Å². The third-order valence-electron chi connectivity index (χ3n) is 2.33. The molecule has 1 aliphatic heterocycles. The lowest BCUT2D eigenvalue weighted by Gasteiger charge is -2.38. The molecule has 1 amide bonds. The summed E-state index contributed by atoms with van der Waals surface area (Å²) in [5, 5.41) is 11.2. The van der Waals surface area contributed by atoms with Crippen LogP contribution in [-0.2, 0) is 4.79 Å². The highest BCUT2D eigenvalue weighted by atomic mass is 16.1. The minimum absolute atomic E-state index is 0.0608. The molecule has 72 valence electrons. The van der Waals surface area contributed by atoms with Gasteiger partial charge in [0, 0.05) is 26.7 Å². The summed E-state index contributed by atoms with van der Waals surface area (Å²) in [5.41, 5.74) is 0. The molecule has 13 heavy (non-hydrogen) atoms. The highest BCUT2D eigenvalue weighted by Crippen LogP contribution is 2.16. The minimum atomic E-state index is 0.0608. The third-order valence-corrected chi connectivity index (χ3v) is 2.33. The van der Waals surface area contributed by atoms with E-state index in [9.17, 15) is 4.79 Å². The molecule has 1 atom stereocenters. The molecular formula is C9H15N3O. The van der Waals surface area contributed by atoms with E-state index in [-0.39, 0.29) is 17.7 Å². The molecule has 4 heteroatoms. The Kier molecular flexibility index (Phi) is 3.26. The molecule has 0 aromatic carbocycles. The van der Waals surface area contributed by atoms with Crippen LogP contribution in [-0.4, -0.2) is 37.5 Å². The zero-order chi connectivity index (χ0) is 9.84. The topological polar surface area (TPSA) is 56.1 Å². The fourth-order valence-electron chi connectivity index (χ4n) is 1.52. The van der Waals surface area contributed by atoms with E-state index in [1.54, 1.807) is 7.05 Å². The van der Waals surface area contributed by atoms with Gasteiger partial charge in [-0.05, 0) is 6.92 Å². The number of hydrogen-bond donors (Lipinski definition) is 1. The summed E-state index contributed by atoms with van der Waals surface area (Å²) in [5.74, 6) is 0.308. The Morgan fingerprint density at radius 1 is 1.77 bits per heavy atom. The number of amides is 1. The van der Waals surface area contributed by atoms with Gasteiger partial charge >= 0.3 is 0 Å². The van der Waals surface area contributed by atoms with E-state index in [1.165, 1.54) is 0 Å². The average Bonchev–Trinajstić information content (AvgIpc) is 2.08. The second-order valence-electron chi connectivity index (χ2n) is 3.56. The van der Waals surface area contributed by atoms with Crippen molar-refractivity contribution < 1.29 is 4.79 Å². The van der Waals surface area contributed by atoms with Crippen molar-refractivity contribution in [2.75, 3.05) is 26.7 Å². The standard InChI is InChI=1S/C9H15N3O/c1-7(3-10)4-12-5-8(6-12)9(13)11-2/h7-8H,4-6H2,1-2H3,(H,11,13). The molecule has 0 bridgehead atoms. The molecule has 1 aliphatic rings. The van der Waals surface area contributed by atoms with Crippen LogP contribution in [0.3, 0.4) is 0 Å². The van der Waals surface area contributed by atoms with E-state index in [0.29, 0.717) is 0 Å². The Hall–Kier alpha value is -1.08. The molecule has 1 N–H and O–H groups in total. The number of carbonyl (C=O) groups excluding carboxylic acids is 1. The van der Waals surface area contributed by atoms with Gasteiger partial charge < -0.3 is 10.2 Å². The highest BCUT2D eigenvalue weighted by Gasteiger charge is 2.32. The van der Waals surface area contributed by atoms with Gasteiger partial charge in [-0.3, -0.25) is 4.79 Å². The number of nitrogens with zero attached hydrogens (tertiary/aromatic N) is 2. The number of rotatable bonds is 3. The van der Waals surface area contributed by atoms with Crippen LogP contribution in [0.5, 0.6) is 0 Å². The molecule has 0 aromatic rings. The lowest BCUT2D eigenvalue weighted by molar-refractivity contribution is -0.129. The molecule has 0 saturated carbocycles. The van der Waals surface area contributed by atoms with Crippen molar-refractivity contribution in [1.29, 1.82) is 5.26 Å². The lowest BCUT2D eigenvalue weighted by Crippen LogP contribution is -2.53. The number of carbonyl (C=O) groups is 1. The number of nitriles is 1. The lowest BCUT2D eigenvalue weighted by atomic mass is 9.98. The Morgan fingerprint density at radius 3 is 2.85 bits per heavy atom. The molecule has 1 unspecified atom stereocenters. The van der Waals surface area contributed by atoms with Crippen LogP contribution in [0.1, 0.15) is 6.92 Å². The molecule has 1 saturated heterocycles. The van der Waals surface area contributed by atoms with Crippen molar-refractivity contribution in [3.8, 4) is 6.07 Å². The Bertz CT molecular complexity index is 228. The summed E-state index contributed by atoms with van der Waals surface area (Å²) in [6.07, 6.45) is 0. The van der Waals surface area contributed by atoms with Crippen LogP contribution in [0.2, 0.25) is 0 Å². The first kappa shape index (κ1) is 10.0. The monoisotopic (exact) mass is 181 g/mol. The predicted octanol–water partition coefficient (Wildman–Crippen LogP) is -0.176. The fraction of sp³-hybridized carbons (Fsp3) is 0.778. The summed E-state index contributed by atoms with van der Waals surface area (Å²) >= 11 is 0. The molecule has 1 rings (SSSR count). The maximum atomic E-state index is 11.1. The zero-order valence-corrected chi connectivity index (χ0v) is 8.08. The largest absolute Gasteiger partial charge is 0.359 e. The SMILES string of the molecule is CNC(=O)C1CN(CC(C)C#N)C1. The second-order valence-corrected chi connectivity index (χ2v) is 3.56. The summed E-state index contributed by atoms with van der Waals surface area (Å²) in [7, 11) is 1.66. The van der Waals surface area contributed by atoms with Gasteiger partial charge in [0.05, 0.1) is 17.9 Å². The van der Waals surface area contributed by atoms with E-state index in [4.69, 9.17) is 5.26 Å². The molecule has 0 aromatic heterocycles. The maximum absolute atomic E-state index is 11.1. The number of likely N-dealkylation sites (tertiary alicyclic amines) is 1. The first-order valence-electron chi connectivity index (χ1n) is 4.51. The predicted molar refractivity (Wildman–Crippen MR) is 48.8 cm³/mol. The number of hydrogen-bond acceptors (Lipinski definition) is 3. The van der Waals surface area contributed by atoms with Crippen molar-refractivity contribution in [2.24, 2.45) is 11.8 Å². The third kappa shape index (κ3) is 2.43. The van der Waals surface area contributed by atoms with Gasteiger partial charge in [-0.25, -0.2) is 0 Å². The zero-order valence-electron chi connectivity index (χ0n) is 8.08. The van der Waals surface area contributed by atoms with Gasteiger partial charge in [0.15, 0.2) is 0 Å². The molecule has 1 fully saturated rings. The normalized spacial score (nSPS) is 20.1. The van der Waals surface area contributed by atoms with Crippen LogP contribution < -0.4 is 5.32 Å². The average molecular weight is 181 g/mol. The number of nitrogens with one attached hydrogen (secondary N) is 1. The minimum Gasteiger partial charge on any atom is -0.359 e. The smallest absolute Gasteiger partial charge is 0.225 e. The molecule has 1 heterocycles.